The van der Waals surface area contributed by atoms with Gasteiger partial charge in [-0.05, 0) is 0 Å². The van der Waals surface area contributed by atoms with Crippen LogP contribution in [0.3, 0.4) is 0 Å². The molecule has 0 fully saturated rings. The van der Waals surface area contributed by atoms with Crippen molar-refractivity contribution in [2.24, 2.45) is 0 Å². The van der Waals surface area contributed by atoms with Gasteiger partial charge in [0.15, 0.2) is 0 Å². The van der Waals surface area contributed by atoms with E-state index >= 15 is 0 Å². The zero-order valence-corrected chi connectivity index (χ0v) is 32.2. The summed E-state index contributed by atoms with van der Waals surface area (Å²) in [6, 6.07) is 53.2. The van der Waals surface area contributed by atoms with E-state index in [1.54, 1.807) is 49.6 Å². The summed E-state index contributed by atoms with van der Waals surface area (Å²) in [7, 11) is 0. The molecular weight excluding hydrogens is 737 g/mol. The lowest BCUT2D eigenvalue weighted by molar-refractivity contribution is 1.19. The van der Waals surface area contributed by atoms with Gasteiger partial charge in [-0.3, -0.25) is 39.9 Å². The van der Waals surface area contributed by atoms with E-state index in [-0.39, 0.29) is 0 Å². The summed E-state index contributed by atoms with van der Waals surface area (Å²) in [6.07, 6.45) is 13.9. The Kier molecular flexibility index (Phi) is 9.75. The molecular formula is C52H34N8. The molecule has 0 saturated heterocycles. The summed E-state index contributed by atoms with van der Waals surface area (Å²) in [4.78, 5) is 40.3. The Morgan fingerprint density at radius 2 is 0.383 bits per heavy atom. The molecule has 0 bridgehead atoms. The zero-order chi connectivity index (χ0) is 40.1. The highest BCUT2D eigenvalue weighted by Crippen LogP contribution is 2.50. The van der Waals surface area contributed by atoms with Crippen LogP contribution in [0.5, 0.6) is 0 Å². The molecule has 4 aromatic heterocycles. The molecule has 10 aromatic rings. The third-order valence-electron chi connectivity index (χ3n) is 10.4. The van der Waals surface area contributed by atoms with E-state index in [2.05, 4.69) is 84.9 Å². The monoisotopic (exact) mass is 770 g/mol. The highest BCUT2D eigenvalue weighted by molar-refractivity contribution is 6.07. The molecule has 0 radical (unpaired) electrons. The van der Waals surface area contributed by atoms with Crippen molar-refractivity contribution < 1.29 is 0 Å². The summed E-state index contributed by atoms with van der Waals surface area (Å²) < 4.78 is 0. The van der Waals surface area contributed by atoms with E-state index in [4.69, 9.17) is 39.9 Å². The second-order valence-corrected chi connectivity index (χ2v) is 13.9. The lowest BCUT2D eigenvalue weighted by Gasteiger charge is -2.23. The van der Waals surface area contributed by atoms with Gasteiger partial charge in [0.25, 0.3) is 0 Å². The predicted molar refractivity (Wildman–Crippen MR) is 238 cm³/mol. The van der Waals surface area contributed by atoms with Crippen LogP contribution in [0.2, 0.25) is 0 Å². The fourth-order valence-electron chi connectivity index (χ4n) is 7.80. The minimum absolute atomic E-state index is 0.705. The van der Waals surface area contributed by atoms with Crippen molar-refractivity contribution >= 4 is 0 Å². The molecule has 0 aliphatic rings. The Bertz CT molecular complexity index is 2670. The normalized spacial score (nSPS) is 11.0. The maximum atomic E-state index is 5.11. The van der Waals surface area contributed by atoms with Crippen LogP contribution in [0, 0.1) is 0 Å². The van der Waals surface area contributed by atoms with Crippen LogP contribution < -0.4 is 0 Å². The standard InChI is InChI=1S/C52H34N8/c1-5-15-35(16-6-1)45-49(57-31-27-53-45)39-23-13-24-40(50-46(54-28-32-58-50)36-17-7-2-8-18-36)43(39)44-41(51-47(55-29-33-59-51)37-19-9-3-10-20-37)25-14-26-42(44)52-48(56-30-34-60-52)38-21-11-4-12-22-38/h1-34H. The SMILES string of the molecule is c1ccc(-c2nccnc2-c2cccc(-c3nccnc3-c3ccccc3)c2-c2c(-c3nccnc3-c3ccccc3)cccc2-c2nccnc2-c2ccccc2)cc1. The van der Waals surface area contributed by atoms with Gasteiger partial charge in [0.05, 0.1) is 45.6 Å². The van der Waals surface area contributed by atoms with E-state index in [9.17, 15) is 0 Å². The first kappa shape index (κ1) is 36.0. The van der Waals surface area contributed by atoms with Gasteiger partial charge >= 0.3 is 0 Å². The van der Waals surface area contributed by atoms with Crippen molar-refractivity contribution in [2.45, 2.75) is 0 Å². The van der Waals surface area contributed by atoms with Crippen LogP contribution in [0.25, 0.3) is 101 Å². The summed E-state index contributed by atoms with van der Waals surface area (Å²) in [5, 5.41) is 0. The summed E-state index contributed by atoms with van der Waals surface area (Å²) in [6.45, 7) is 0. The molecule has 0 aliphatic heterocycles. The highest BCUT2D eigenvalue weighted by atomic mass is 14.8. The first-order valence-corrected chi connectivity index (χ1v) is 19.6. The van der Waals surface area contributed by atoms with Gasteiger partial charge in [-0.25, -0.2) is 0 Å². The Balaban J connectivity index is 1.38. The maximum absolute atomic E-state index is 5.11. The number of hydrogen-bond donors (Lipinski definition) is 0. The topological polar surface area (TPSA) is 103 Å². The number of aromatic nitrogens is 8. The quantitative estimate of drug-likeness (QED) is 0.143. The predicted octanol–water partition coefficient (Wildman–Crippen LogP) is 11.8. The fraction of sp³-hybridized carbons (Fsp3) is 0. The lowest BCUT2D eigenvalue weighted by atomic mass is 9.82. The molecule has 0 aliphatic carbocycles. The first-order valence-electron chi connectivity index (χ1n) is 19.6. The van der Waals surface area contributed by atoms with Gasteiger partial charge in [-0.2, -0.15) is 0 Å². The maximum Gasteiger partial charge on any atom is 0.0971 e. The molecule has 0 atom stereocenters. The molecule has 4 heterocycles. The minimum Gasteiger partial charge on any atom is -0.252 e. The number of nitrogens with zero attached hydrogens (tertiary/aromatic N) is 8. The first-order chi connectivity index (χ1) is 29.8. The van der Waals surface area contributed by atoms with Crippen molar-refractivity contribution in [2.75, 3.05) is 0 Å². The average molecular weight is 771 g/mol. The Morgan fingerprint density at radius 3 is 0.600 bits per heavy atom. The average Bonchev–Trinajstić information content (AvgIpc) is 3.34. The van der Waals surface area contributed by atoms with Crippen LogP contribution in [0.15, 0.2) is 207 Å². The zero-order valence-electron chi connectivity index (χ0n) is 32.2. The van der Waals surface area contributed by atoms with Crippen molar-refractivity contribution in [3.05, 3.63) is 207 Å². The molecule has 0 amide bonds. The Hall–Kier alpha value is -8.36. The fourth-order valence-corrected chi connectivity index (χ4v) is 7.80. The van der Waals surface area contributed by atoms with E-state index in [0.717, 1.165) is 78.4 Å². The lowest BCUT2D eigenvalue weighted by Crippen LogP contribution is -2.03. The molecule has 0 saturated carbocycles. The van der Waals surface area contributed by atoms with Gasteiger partial charge in [-0.1, -0.05) is 158 Å². The highest BCUT2D eigenvalue weighted by Gasteiger charge is 2.28. The van der Waals surface area contributed by atoms with Crippen LogP contribution >= 0.6 is 0 Å². The van der Waals surface area contributed by atoms with Crippen molar-refractivity contribution in [1.29, 1.82) is 0 Å². The van der Waals surface area contributed by atoms with Crippen molar-refractivity contribution in [3.63, 3.8) is 0 Å². The van der Waals surface area contributed by atoms with Crippen LogP contribution in [0.1, 0.15) is 0 Å². The van der Waals surface area contributed by atoms with Gasteiger partial charge < -0.3 is 0 Å². The molecule has 282 valence electrons. The molecule has 60 heavy (non-hydrogen) atoms. The Morgan fingerprint density at radius 1 is 0.183 bits per heavy atom. The molecule has 0 N–H and O–H groups in total. The van der Waals surface area contributed by atoms with Crippen molar-refractivity contribution in [3.8, 4) is 101 Å². The second kappa shape index (κ2) is 16.2. The largest absolute Gasteiger partial charge is 0.252 e. The molecule has 0 unspecified atom stereocenters. The Labute approximate surface area is 347 Å². The summed E-state index contributed by atoms with van der Waals surface area (Å²) >= 11 is 0. The van der Waals surface area contributed by atoms with E-state index in [0.29, 0.717) is 22.8 Å². The van der Waals surface area contributed by atoms with Crippen LogP contribution in [0.4, 0.5) is 0 Å². The smallest absolute Gasteiger partial charge is 0.0971 e. The van der Waals surface area contributed by atoms with E-state index in [1.807, 2.05) is 72.8 Å². The third kappa shape index (κ3) is 6.78. The molecule has 8 nitrogen and oxygen atoms in total. The van der Waals surface area contributed by atoms with E-state index < -0.39 is 0 Å². The van der Waals surface area contributed by atoms with Gasteiger partial charge in [0.2, 0.25) is 0 Å². The number of rotatable bonds is 9. The molecule has 10 rings (SSSR count). The van der Waals surface area contributed by atoms with Gasteiger partial charge in [0.1, 0.15) is 0 Å². The van der Waals surface area contributed by atoms with E-state index in [1.165, 1.54) is 0 Å². The summed E-state index contributed by atoms with van der Waals surface area (Å²) in [5.74, 6) is 0. The molecule has 6 aromatic carbocycles. The number of benzene rings is 6. The molecule has 8 heteroatoms. The van der Waals surface area contributed by atoms with Gasteiger partial charge in [-0.15, -0.1) is 0 Å². The molecule has 0 spiro atoms. The number of hydrogen-bond acceptors (Lipinski definition) is 8. The van der Waals surface area contributed by atoms with Crippen molar-refractivity contribution in [1.82, 2.24) is 39.9 Å². The van der Waals surface area contributed by atoms with Crippen LogP contribution in [-0.4, -0.2) is 39.9 Å². The van der Waals surface area contributed by atoms with Crippen LogP contribution in [-0.2, 0) is 0 Å². The second-order valence-electron chi connectivity index (χ2n) is 13.9. The third-order valence-corrected chi connectivity index (χ3v) is 10.4. The summed E-state index contributed by atoms with van der Waals surface area (Å²) in [5.41, 5.74) is 14.6. The van der Waals surface area contributed by atoms with Gasteiger partial charge in [0, 0.05) is 105 Å². The minimum atomic E-state index is 0.705.